The van der Waals surface area contributed by atoms with Crippen LogP contribution < -0.4 is 15.8 Å². The normalized spacial score (nSPS) is 20.1. The van der Waals surface area contributed by atoms with E-state index in [1.807, 2.05) is 6.92 Å². The number of anilines is 1. The molecule has 1 aliphatic heterocycles. The van der Waals surface area contributed by atoms with Crippen LogP contribution in [0.1, 0.15) is 25.6 Å². The van der Waals surface area contributed by atoms with Crippen LogP contribution in [0.5, 0.6) is 0 Å². The van der Waals surface area contributed by atoms with E-state index in [1.54, 1.807) is 6.07 Å². The fraction of sp³-hybridized carbons (Fsp3) is 0.692. The largest absolute Gasteiger partial charge is 0.356 e. The van der Waals surface area contributed by atoms with Crippen LogP contribution in [0, 0.1) is 12.8 Å². The van der Waals surface area contributed by atoms with E-state index < -0.39 is 0 Å². The lowest BCUT2D eigenvalue weighted by atomic mass is 9.98. The second-order valence-corrected chi connectivity index (χ2v) is 4.95. The summed E-state index contributed by atoms with van der Waals surface area (Å²) in [5.74, 6) is 2.16. The van der Waals surface area contributed by atoms with E-state index >= 15 is 0 Å². The Labute approximate surface area is 108 Å². The highest BCUT2D eigenvalue weighted by atomic mass is 16.1. The van der Waals surface area contributed by atoms with Gasteiger partial charge >= 0.3 is 0 Å². The Morgan fingerprint density at radius 2 is 2.44 bits per heavy atom. The number of nitrogens with one attached hydrogen (secondary N) is 2. The van der Waals surface area contributed by atoms with Crippen LogP contribution in [0.15, 0.2) is 10.9 Å². The molecule has 5 heteroatoms. The van der Waals surface area contributed by atoms with Crippen molar-refractivity contribution in [2.75, 3.05) is 31.1 Å². The number of H-pyrrole nitrogens is 1. The maximum Gasteiger partial charge on any atom is 0.252 e. The van der Waals surface area contributed by atoms with Crippen LogP contribution >= 0.6 is 0 Å². The van der Waals surface area contributed by atoms with Crippen molar-refractivity contribution in [1.29, 1.82) is 0 Å². The standard InChI is InChI=1S/C13H22N4O/c1-3-14-8-11-5-4-6-17(9-11)12-7-13(18)16-10(2)15-12/h7,11,14H,3-6,8-9H2,1-2H3,(H,15,16,18). The highest BCUT2D eigenvalue weighted by molar-refractivity contribution is 5.37. The molecule has 0 saturated carbocycles. The van der Waals surface area contributed by atoms with Gasteiger partial charge < -0.3 is 15.2 Å². The monoisotopic (exact) mass is 250 g/mol. The van der Waals surface area contributed by atoms with E-state index in [-0.39, 0.29) is 5.56 Å². The van der Waals surface area contributed by atoms with Gasteiger partial charge in [-0.2, -0.15) is 0 Å². The first kappa shape index (κ1) is 13.1. The number of nitrogens with zero attached hydrogens (tertiary/aromatic N) is 2. The van der Waals surface area contributed by atoms with Crippen molar-refractivity contribution in [2.24, 2.45) is 5.92 Å². The first-order valence-electron chi connectivity index (χ1n) is 6.72. The van der Waals surface area contributed by atoms with Crippen molar-refractivity contribution < 1.29 is 0 Å². The maximum absolute atomic E-state index is 11.5. The number of aromatic nitrogens is 2. The average molecular weight is 250 g/mol. The Bertz CT molecular complexity index is 443. The highest BCUT2D eigenvalue weighted by Crippen LogP contribution is 2.20. The van der Waals surface area contributed by atoms with Crippen LogP contribution in [-0.2, 0) is 0 Å². The molecular formula is C13H22N4O. The van der Waals surface area contributed by atoms with Crippen molar-refractivity contribution in [3.05, 3.63) is 22.2 Å². The smallest absolute Gasteiger partial charge is 0.252 e. The molecule has 2 N–H and O–H groups in total. The van der Waals surface area contributed by atoms with Crippen molar-refractivity contribution in [3.8, 4) is 0 Å². The van der Waals surface area contributed by atoms with Crippen LogP contribution in [0.25, 0.3) is 0 Å². The van der Waals surface area contributed by atoms with Gasteiger partial charge in [-0.05, 0) is 38.8 Å². The summed E-state index contributed by atoms with van der Waals surface area (Å²) in [5, 5.41) is 3.40. The van der Waals surface area contributed by atoms with Crippen molar-refractivity contribution in [3.63, 3.8) is 0 Å². The SMILES string of the molecule is CCNCC1CCCN(c2cc(=O)[nH]c(C)n2)C1. The second kappa shape index (κ2) is 6.00. The molecule has 0 amide bonds. The summed E-state index contributed by atoms with van der Waals surface area (Å²) < 4.78 is 0. The van der Waals surface area contributed by atoms with E-state index in [0.29, 0.717) is 11.7 Å². The summed E-state index contributed by atoms with van der Waals surface area (Å²) in [5.41, 5.74) is -0.0636. The second-order valence-electron chi connectivity index (χ2n) is 4.95. The number of piperidine rings is 1. The summed E-state index contributed by atoms with van der Waals surface area (Å²) in [7, 11) is 0. The lowest BCUT2D eigenvalue weighted by molar-refractivity contribution is 0.394. The number of rotatable bonds is 4. The molecule has 1 fully saturated rings. The molecule has 0 aromatic carbocycles. The van der Waals surface area contributed by atoms with Gasteiger partial charge in [0.15, 0.2) is 0 Å². The van der Waals surface area contributed by atoms with Crippen LogP contribution in [0.4, 0.5) is 5.82 Å². The first-order valence-corrected chi connectivity index (χ1v) is 6.72. The fourth-order valence-corrected chi connectivity index (χ4v) is 2.51. The molecule has 2 rings (SSSR count). The zero-order valence-corrected chi connectivity index (χ0v) is 11.2. The fourth-order valence-electron chi connectivity index (χ4n) is 2.51. The zero-order chi connectivity index (χ0) is 13.0. The number of hydrogen-bond acceptors (Lipinski definition) is 4. The van der Waals surface area contributed by atoms with Crippen LogP contribution in [-0.4, -0.2) is 36.1 Å². The van der Waals surface area contributed by atoms with Crippen molar-refractivity contribution >= 4 is 5.82 Å². The molecule has 0 spiro atoms. The Balaban J connectivity index is 2.05. The molecule has 1 aliphatic rings. The van der Waals surface area contributed by atoms with Crippen LogP contribution in [0.3, 0.4) is 0 Å². The Kier molecular flexibility index (Phi) is 4.36. The molecule has 1 aromatic rings. The molecule has 0 aliphatic carbocycles. The minimum atomic E-state index is -0.0636. The predicted molar refractivity (Wildman–Crippen MR) is 73.1 cm³/mol. The minimum absolute atomic E-state index is 0.0636. The van der Waals surface area contributed by atoms with Gasteiger partial charge in [-0.15, -0.1) is 0 Å². The minimum Gasteiger partial charge on any atom is -0.356 e. The zero-order valence-electron chi connectivity index (χ0n) is 11.2. The van der Waals surface area contributed by atoms with Gasteiger partial charge in [0.25, 0.3) is 5.56 Å². The third-order valence-corrected chi connectivity index (χ3v) is 3.37. The number of hydrogen-bond donors (Lipinski definition) is 2. The average Bonchev–Trinajstić information content (AvgIpc) is 2.35. The van der Waals surface area contributed by atoms with Gasteiger partial charge in [-0.1, -0.05) is 6.92 Å². The van der Waals surface area contributed by atoms with Gasteiger partial charge in [-0.25, -0.2) is 4.98 Å². The number of aromatic amines is 1. The molecule has 1 unspecified atom stereocenters. The van der Waals surface area contributed by atoms with Gasteiger partial charge in [0.05, 0.1) is 0 Å². The summed E-state index contributed by atoms with van der Waals surface area (Å²) >= 11 is 0. The summed E-state index contributed by atoms with van der Waals surface area (Å²) in [6.07, 6.45) is 2.43. The summed E-state index contributed by atoms with van der Waals surface area (Å²) in [6.45, 7) is 8.00. The molecule has 2 heterocycles. The van der Waals surface area contributed by atoms with Crippen LogP contribution in [0.2, 0.25) is 0 Å². The number of aryl methyl sites for hydroxylation is 1. The van der Waals surface area contributed by atoms with E-state index in [9.17, 15) is 4.79 Å². The maximum atomic E-state index is 11.5. The lowest BCUT2D eigenvalue weighted by Gasteiger charge is -2.33. The highest BCUT2D eigenvalue weighted by Gasteiger charge is 2.20. The topological polar surface area (TPSA) is 61.0 Å². The lowest BCUT2D eigenvalue weighted by Crippen LogP contribution is -2.40. The molecule has 1 aromatic heterocycles. The predicted octanol–water partition coefficient (Wildman–Crippen LogP) is 0.904. The molecule has 1 saturated heterocycles. The van der Waals surface area contributed by atoms with E-state index in [1.165, 1.54) is 12.8 Å². The quantitative estimate of drug-likeness (QED) is 0.833. The third kappa shape index (κ3) is 3.32. The first-order chi connectivity index (χ1) is 8.69. The van der Waals surface area contributed by atoms with Crippen molar-refractivity contribution in [2.45, 2.75) is 26.7 Å². The molecule has 18 heavy (non-hydrogen) atoms. The van der Waals surface area contributed by atoms with Crippen molar-refractivity contribution in [1.82, 2.24) is 15.3 Å². The third-order valence-electron chi connectivity index (χ3n) is 3.37. The summed E-state index contributed by atoms with van der Waals surface area (Å²) in [4.78, 5) is 20.8. The molecule has 0 radical (unpaired) electrons. The van der Waals surface area contributed by atoms with E-state index in [0.717, 1.165) is 32.0 Å². The van der Waals surface area contributed by atoms with Gasteiger partial charge in [0.2, 0.25) is 0 Å². The molecule has 5 nitrogen and oxygen atoms in total. The van der Waals surface area contributed by atoms with E-state index in [4.69, 9.17) is 0 Å². The van der Waals surface area contributed by atoms with Gasteiger partial charge in [0, 0.05) is 19.2 Å². The Hall–Kier alpha value is -1.36. The molecule has 0 bridgehead atoms. The molecule has 1 atom stereocenters. The summed E-state index contributed by atoms with van der Waals surface area (Å²) in [6, 6.07) is 1.60. The van der Waals surface area contributed by atoms with Gasteiger partial charge in [0.1, 0.15) is 11.6 Å². The van der Waals surface area contributed by atoms with Gasteiger partial charge in [-0.3, -0.25) is 4.79 Å². The molecule has 100 valence electrons. The Morgan fingerprint density at radius 1 is 1.61 bits per heavy atom. The molecular weight excluding hydrogens is 228 g/mol. The van der Waals surface area contributed by atoms with E-state index in [2.05, 4.69) is 27.1 Å². The Morgan fingerprint density at radius 3 is 3.17 bits per heavy atom.